The molecule has 4 rings (SSSR count). The number of carbonyl (C=O) groups excluding carboxylic acids is 2. The summed E-state index contributed by atoms with van der Waals surface area (Å²) in [6.07, 6.45) is 3.71. The van der Waals surface area contributed by atoms with Crippen molar-refractivity contribution in [3.05, 3.63) is 65.5 Å². The van der Waals surface area contributed by atoms with E-state index >= 15 is 0 Å². The molecule has 156 valence electrons. The molecule has 0 aliphatic carbocycles. The number of rotatable bonds is 4. The fraction of sp³-hybridized carbons (Fsp3) is 0.391. The van der Waals surface area contributed by atoms with Gasteiger partial charge in [0.2, 0.25) is 0 Å². The lowest BCUT2D eigenvalue weighted by Crippen LogP contribution is -2.51. The maximum absolute atomic E-state index is 13.0. The Balaban J connectivity index is 1.41. The molecule has 7 heteroatoms. The van der Waals surface area contributed by atoms with E-state index in [-0.39, 0.29) is 11.8 Å². The van der Waals surface area contributed by atoms with Gasteiger partial charge in [0.05, 0.1) is 18.8 Å². The topological polar surface area (TPSA) is 75.1 Å². The number of piperidine rings is 1. The molecule has 7 nitrogen and oxygen atoms in total. The predicted octanol–water partition coefficient (Wildman–Crippen LogP) is 2.80. The van der Waals surface area contributed by atoms with Crippen molar-refractivity contribution in [3.63, 3.8) is 0 Å². The van der Waals surface area contributed by atoms with E-state index in [1.165, 1.54) is 0 Å². The van der Waals surface area contributed by atoms with Crippen molar-refractivity contribution in [2.45, 2.75) is 38.3 Å². The highest BCUT2D eigenvalue weighted by molar-refractivity contribution is 6.39. The largest absolute Gasteiger partial charge is 0.386 e. The van der Waals surface area contributed by atoms with Gasteiger partial charge >= 0.3 is 0 Å². The van der Waals surface area contributed by atoms with Crippen molar-refractivity contribution in [1.82, 2.24) is 14.8 Å². The van der Waals surface area contributed by atoms with Crippen molar-refractivity contribution < 1.29 is 14.4 Å². The van der Waals surface area contributed by atoms with Crippen LogP contribution in [0, 0.1) is 6.92 Å². The van der Waals surface area contributed by atoms with Crippen LogP contribution in [0.5, 0.6) is 0 Å². The summed E-state index contributed by atoms with van der Waals surface area (Å²) in [6.45, 7) is 3.46. The molecular weight excluding hydrogens is 380 g/mol. The lowest BCUT2D eigenvalue weighted by Gasteiger charge is -2.38. The molecule has 0 N–H and O–H groups in total. The van der Waals surface area contributed by atoms with E-state index in [9.17, 15) is 9.59 Å². The van der Waals surface area contributed by atoms with Gasteiger partial charge in [-0.1, -0.05) is 29.4 Å². The Kier molecular flexibility index (Phi) is 5.53. The third-order valence-electron chi connectivity index (χ3n) is 5.76. The summed E-state index contributed by atoms with van der Waals surface area (Å²) in [7, 11) is 1.74. The number of amides is 2. The Bertz CT molecular complexity index is 975. The van der Waals surface area contributed by atoms with Crippen LogP contribution < -0.4 is 0 Å². The number of hydrogen-bond acceptors (Lipinski definition) is 5. The molecule has 1 fully saturated rings. The third-order valence-corrected chi connectivity index (χ3v) is 5.76. The highest BCUT2D eigenvalue weighted by Gasteiger charge is 2.46. The number of aromatic nitrogens is 1. The first-order valence-corrected chi connectivity index (χ1v) is 10.2. The van der Waals surface area contributed by atoms with Gasteiger partial charge in [0, 0.05) is 31.8 Å². The molecule has 0 radical (unpaired) electrons. The minimum atomic E-state index is -0.618. The fourth-order valence-corrected chi connectivity index (χ4v) is 4.14. The number of nitrogens with zero attached hydrogens (tertiary/aromatic N) is 4. The van der Waals surface area contributed by atoms with Crippen LogP contribution in [-0.4, -0.2) is 58.0 Å². The van der Waals surface area contributed by atoms with Crippen molar-refractivity contribution in [1.29, 1.82) is 0 Å². The van der Waals surface area contributed by atoms with Gasteiger partial charge in [-0.2, -0.15) is 0 Å². The van der Waals surface area contributed by atoms with Crippen LogP contribution in [0.4, 0.5) is 0 Å². The Morgan fingerprint density at radius 2 is 2.00 bits per heavy atom. The summed E-state index contributed by atoms with van der Waals surface area (Å²) in [5.74, 6) is -0.164. The number of carbonyl (C=O) groups is 2. The molecule has 0 saturated carbocycles. The number of aryl methyl sites for hydroxylation is 1. The summed E-state index contributed by atoms with van der Waals surface area (Å²) in [5, 5.41) is 4.13. The minimum absolute atomic E-state index is 0.00261. The SMILES string of the molecule is Cc1ccccc1C(=O)N1CCC[C@]2(CC(C(=O)N(C)Cc3ccccn3)=NO2)C1. The van der Waals surface area contributed by atoms with E-state index in [1.54, 1.807) is 18.1 Å². The van der Waals surface area contributed by atoms with Crippen LogP contribution in [-0.2, 0) is 16.2 Å². The first kappa shape index (κ1) is 20.1. The van der Waals surface area contributed by atoms with E-state index in [0.29, 0.717) is 37.3 Å². The van der Waals surface area contributed by atoms with Crippen molar-refractivity contribution in [3.8, 4) is 0 Å². The van der Waals surface area contributed by atoms with Gasteiger partial charge in [-0.3, -0.25) is 14.6 Å². The smallest absolute Gasteiger partial charge is 0.271 e. The second-order valence-electron chi connectivity index (χ2n) is 8.12. The maximum atomic E-state index is 13.0. The van der Waals surface area contributed by atoms with Gasteiger partial charge in [-0.15, -0.1) is 0 Å². The summed E-state index contributed by atoms with van der Waals surface area (Å²) in [5.41, 5.74) is 2.26. The average Bonchev–Trinajstić information content (AvgIpc) is 3.16. The van der Waals surface area contributed by atoms with E-state index in [0.717, 1.165) is 24.1 Å². The van der Waals surface area contributed by atoms with Crippen LogP contribution >= 0.6 is 0 Å². The first-order chi connectivity index (χ1) is 14.5. The van der Waals surface area contributed by atoms with Crippen molar-refractivity contribution in [2.75, 3.05) is 20.1 Å². The molecule has 1 saturated heterocycles. The van der Waals surface area contributed by atoms with E-state index in [2.05, 4.69) is 10.1 Å². The number of hydrogen-bond donors (Lipinski definition) is 0. The van der Waals surface area contributed by atoms with Crippen LogP contribution in [0.3, 0.4) is 0 Å². The third kappa shape index (κ3) is 4.06. The van der Waals surface area contributed by atoms with Crippen molar-refractivity contribution in [2.24, 2.45) is 5.16 Å². The summed E-state index contributed by atoms with van der Waals surface area (Å²) in [4.78, 5) is 39.4. The standard InChI is InChI=1S/C23H26N4O3/c1-17-8-3-4-10-19(17)21(28)27-13-7-11-23(16-27)14-20(25-30-23)22(29)26(2)15-18-9-5-6-12-24-18/h3-6,8-10,12H,7,11,13-16H2,1-2H3/t23-/m0/s1. The summed E-state index contributed by atoms with van der Waals surface area (Å²) in [6, 6.07) is 13.2. The van der Waals surface area contributed by atoms with Crippen LogP contribution in [0.25, 0.3) is 0 Å². The van der Waals surface area contributed by atoms with Crippen LogP contribution in [0.2, 0.25) is 0 Å². The predicted molar refractivity (Wildman–Crippen MR) is 113 cm³/mol. The van der Waals surface area contributed by atoms with Crippen LogP contribution in [0.1, 0.15) is 40.9 Å². The van der Waals surface area contributed by atoms with Gasteiger partial charge in [0.15, 0.2) is 5.60 Å². The van der Waals surface area contributed by atoms with Crippen LogP contribution in [0.15, 0.2) is 53.8 Å². The lowest BCUT2D eigenvalue weighted by atomic mass is 9.87. The van der Waals surface area contributed by atoms with E-state index in [1.807, 2.05) is 54.3 Å². The molecule has 2 aromatic rings. The van der Waals surface area contributed by atoms with Gasteiger partial charge in [-0.25, -0.2) is 0 Å². The van der Waals surface area contributed by atoms with E-state index < -0.39 is 5.60 Å². The van der Waals surface area contributed by atoms with E-state index in [4.69, 9.17) is 4.84 Å². The van der Waals surface area contributed by atoms with Gasteiger partial charge in [0.1, 0.15) is 5.71 Å². The first-order valence-electron chi connectivity index (χ1n) is 10.2. The number of likely N-dealkylation sites (tertiary alicyclic amines) is 1. The molecule has 3 heterocycles. The highest BCUT2D eigenvalue weighted by atomic mass is 16.7. The second kappa shape index (κ2) is 8.26. The highest BCUT2D eigenvalue weighted by Crippen LogP contribution is 2.34. The minimum Gasteiger partial charge on any atom is -0.386 e. The Labute approximate surface area is 176 Å². The monoisotopic (exact) mass is 406 g/mol. The maximum Gasteiger partial charge on any atom is 0.271 e. The number of benzene rings is 1. The average molecular weight is 406 g/mol. The molecular formula is C23H26N4O3. The fourth-order valence-electron chi connectivity index (χ4n) is 4.14. The molecule has 1 spiro atoms. The zero-order chi connectivity index (χ0) is 21.1. The van der Waals surface area contributed by atoms with Gasteiger partial charge < -0.3 is 14.6 Å². The van der Waals surface area contributed by atoms with Gasteiger partial charge in [-0.05, 0) is 43.5 Å². The Morgan fingerprint density at radius 1 is 1.20 bits per heavy atom. The zero-order valence-corrected chi connectivity index (χ0v) is 17.4. The molecule has 2 aliphatic rings. The summed E-state index contributed by atoms with van der Waals surface area (Å²) < 4.78 is 0. The molecule has 2 amide bonds. The molecule has 2 aliphatic heterocycles. The second-order valence-corrected chi connectivity index (χ2v) is 8.12. The number of pyridine rings is 1. The quantitative estimate of drug-likeness (QED) is 0.783. The Hall–Kier alpha value is -3.22. The zero-order valence-electron chi connectivity index (χ0n) is 17.4. The Morgan fingerprint density at radius 3 is 2.77 bits per heavy atom. The lowest BCUT2D eigenvalue weighted by molar-refractivity contribution is -0.123. The molecule has 1 atom stereocenters. The normalized spacial score (nSPS) is 20.6. The number of oxime groups is 1. The molecule has 1 aromatic heterocycles. The van der Waals surface area contributed by atoms with Gasteiger partial charge in [0.25, 0.3) is 11.8 Å². The molecule has 30 heavy (non-hydrogen) atoms. The molecule has 0 unspecified atom stereocenters. The molecule has 0 bridgehead atoms. The summed E-state index contributed by atoms with van der Waals surface area (Å²) >= 11 is 0. The molecule has 1 aromatic carbocycles. The van der Waals surface area contributed by atoms with Crippen molar-refractivity contribution >= 4 is 17.5 Å².